The lowest BCUT2D eigenvalue weighted by atomic mass is 9.69. The first-order valence-electron chi connectivity index (χ1n) is 12.9. The molecule has 0 radical (unpaired) electrons. The van der Waals surface area contributed by atoms with Crippen LogP contribution in [0.2, 0.25) is 0 Å². The standard InChI is InChI=1S/C27H32FN3O4S/c28-20-5-9-24(10-6-20)36(34,35)30-17-19-3-1-2-4-25(19)27(18-30)11-13-29(14-12-27)23-15-21-7-8-22(16-23)31(21)26(32)33/h1-6,9-10,21-23H,7-8,11-18H2,(H,32,33). The van der Waals surface area contributed by atoms with E-state index in [1.807, 2.05) is 18.2 Å². The van der Waals surface area contributed by atoms with Crippen molar-refractivity contribution in [3.8, 4) is 0 Å². The van der Waals surface area contributed by atoms with E-state index in [1.165, 1.54) is 29.8 Å². The lowest BCUT2D eigenvalue weighted by Gasteiger charge is -2.51. The van der Waals surface area contributed by atoms with Crippen molar-refractivity contribution < 1.29 is 22.7 Å². The summed E-state index contributed by atoms with van der Waals surface area (Å²) in [5, 5.41) is 9.60. The predicted molar refractivity (Wildman–Crippen MR) is 133 cm³/mol. The van der Waals surface area contributed by atoms with E-state index in [0.29, 0.717) is 19.1 Å². The van der Waals surface area contributed by atoms with E-state index in [2.05, 4.69) is 11.0 Å². The third-order valence-electron chi connectivity index (χ3n) is 9.07. The van der Waals surface area contributed by atoms with Crippen LogP contribution in [-0.2, 0) is 22.0 Å². The molecule has 0 saturated carbocycles. The molecule has 3 fully saturated rings. The molecule has 4 aliphatic rings. The van der Waals surface area contributed by atoms with Gasteiger partial charge in [-0.05, 0) is 87.0 Å². The highest BCUT2D eigenvalue weighted by Crippen LogP contribution is 2.45. The summed E-state index contributed by atoms with van der Waals surface area (Å²) < 4.78 is 42.1. The van der Waals surface area contributed by atoms with E-state index < -0.39 is 21.9 Å². The minimum atomic E-state index is -3.76. The average Bonchev–Trinajstić information content (AvgIpc) is 3.15. The highest BCUT2D eigenvalue weighted by atomic mass is 32.2. The highest BCUT2D eigenvalue weighted by molar-refractivity contribution is 7.89. The van der Waals surface area contributed by atoms with Gasteiger partial charge < -0.3 is 14.9 Å². The molecule has 1 spiro atoms. The Morgan fingerprint density at radius 2 is 1.58 bits per heavy atom. The van der Waals surface area contributed by atoms with Gasteiger partial charge in [-0.3, -0.25) is 0 Å². The fraction of sp³-hybridized carbons (Fsp3) is 0.519. The molecule has 3 saturated heterocycles. The van der Waals surface area contributed by atoms with Gasteiger partial charge in [0.25, 0.3) is 0 Å². The van der Waals surface area contributed by atoms with E-state index in [9.17, 15) is 22.7 Å². The van der Waals surface area contributed by atoms with E-state index in [4.69, 9.17) is 0 Å². The van der Waals surface area contributed by atoms with Crippen LogP contribution < -0.4 is 0 Å². The minimum absolute atomic E-state index is 0.119. The van der Waals surface area contributed by atoms with Crippen molar-refractivity contribution in [1.29, 1.82) is 0 Å². The van der Waals surface area contributed by atoms with E-state index in [-0.39, 0.29) is 22.4 Å². The number of carboxylic acid groups (broad SMARTS) is 1. The fourth-order valence-corrected chi connectivity index (χ4v) is 8.78. The molecule has 2 aromatic rings. The molecule has 0 aliphatic carbocycles. The fourth-order valence-electron chi connectivity index (χ4n) is 7.27. The second-order valence-electron chi connectivity index (χ2n) is 10.9. The summed E-state index contributed by atoms with van der Waals surface area (Å²) in [5.74, 6) is -0.454. The number of nitrogens with zero attached hydrogens (tertiary/aromatic N) is 3. The molecule has 36 heavy (non-hydrogen) atoms. The number of carbonyl (C=O) groups is 1. The molecule has 2 unspecified atom stereocenters. The summed E-state index contributed by atoms with van der Waals surface area (Å²) in [6.45, 7) is 2.48. The molecule has 4 heterocycles. The third kappa shape index (κ3) is 3.92. The van der Waals surface area contributed by atoms with Crippen molar-refractivity contribution in [2.24, 2.45) is 0 Å². The molecule has 1 amide bonds. The Kier molecular flexibility index (Phi) is 5.85. The van der Waals surface area contributed by atoms with Crippen LogP contribution in [0.5, 0.6) is 0 Å². The number of piperidine rings is 2. The molecule has 192 valence electrons. The number of hydrogen-bond donors (Lipinski definition) is 1. The molecular weight excluding hydrogens is 481 g/mol. The summed E-state index contributed by atoms with van der Waals surface area (Å²) in [6, 6.07) is 13.9. The molecule has 2 aromatic carbocycles. The van der Waals surface area contributed by atoms with Gasteiger partial charge >= 0.3 is 6.09 Å². The van der Waals surface area contributed by atoms with Crippen LogP contribution in [0.1, 0.15) is 49.7 Å². The van der Waals surface area contributed by atoms with Crippen molar-refractivity contribution in [2.75, 3.05) is 19.6 Å². The first kappa shape index (κ1) is 23.9. The zero-order chi connectivity index (χ0) is 25.1. The smallest absolute Gasteiger partial charge is 0.407 e. The molecule has 9 heteroatoms. The molecular formula is C27H32FN3O4S. The Morgan fingerprint density at radius 3 is 2.22 bits per heavy atom. The van der Waals surface area contributed by atoms with Crippen LogP contribution in [0, 0.1) is 5.82 Å². The van der Waals surface area contributed by atoms with Crippen LogP contribution in [-0.4, -0.2) is 71.5 Å². The first-order chi connectivity index (χ1) is 17.3. The van der Waals surface area contributed by atoms with Gasteiger partial charge in [-0.25, -0.2) is 17.6 Å². The van der Waals surface area contributed by atoms with Crippen molar-refractivity contribution in [2.45, 2.75) is 73.5 Å². The zero-order valence-electron chi connectivity index (χ0n) is 20.2. The second-order valence-corrected chi connectivity index (χ2v) is 12.8. The molecule has 1 N–H and O–H groups in total. The number of hydrogen-bond acceptors (Lipinski definition) is 4. The topological polar surface area (TPSA) is 81.2 Å². The van der Waals surface area contributed by atoms with Crippen molar-refractivity contribution >= 4 is 16.1 Å². The summed E-state index contributed by atoms with van der Waals surface area (Å²) in [5.41, 5.74) is 2.02. The van der Waals surface area contributed by atoms with Gasteiger partial charge in [0.15, 0.2) is 0 Å². The number of amides is 1. The van der Waals surface area contributed by atoms with E-state index in [0.717, 1.165) is 57.2 Å². The van der Waals surface area contributed by atoms with Crippen molar-refractivity contribution in [3.05, 3.63) is 65.5 Å². The zero-order valence-corrected chi connectivity index (χ0v) is 21.0. The SMILES string of the molecule is O=C(O)N1C2CCC1CC(N1CCC3(CC1)CN(S(=O)(=O)c1ccc(F)cc1)Cc1ccccc13)C2. The predicted octanol–water partition coefficient (Wildman–Crippen LogP) is 4.04. The Balaban J connectivity index is 1.23. The lowest BCUT2D eigenvalue weighted by Crippen LogP contribution is -2.57. The normalized spacial score (nSPS) is 28.2. The molecule has 4 aliphatic heterocycles. The maximum Gasteiger partial charge on any atom is 0.407 e. The number of sulfonamides is 1. The minimum Gasteiger partial charge on any atom is -0.465 e. The average molecular weight is 514 g/mol. The largest absolute Gasteiger partial charge is 0.465 e. The molecule has 2 atom stereocenters. The maximum absolute atomic E-state index is 13.6. The summed E-state index contributed by atoms with van der Waals surface area (Å²) in [4.78, 5) is 16.0. The van der Waals surface area contributed by atoms with Crippen LogP contribution >= 0.6 is 0 Å². The van der Waals surface area contributed by atoms with Gasteiger partial charge in [-0.15, -0.1) is 0 Å². The van der Waals surface area contributed by atoms with Crippen LogP contribution in [0.25, 0.3) is 0 Å². The van der Waals surface area contributed by atoms with E-state index >= 15 is 0 Å². The Hall–Kier alpha value is -2.49. The van der Waals surface area contributed by atoms with Crippen molar-refractivity contribution in [3.63, 3.8) is 0 Å². The van der Waals surface area contributed by atoms with E-state index in [1.54, 1.807) is 9.21 Å². The van der Waals surface area contributed by atoms with Crippen LogP contribution in [0.4, 0.5) is 9.18 Å². The first-order valence-corrected chi connectivity index (χ1v) is 14.3. The van der Waals surface area contributed by atoms with Gasteiger partial charge in [0.2, 0.25) is 10.0 Å². The Labute approximate surface area is 211 Å². The third-order valence-corrected chi connectivity index (χ3v) is 10.9. The summed E-state index contributed by atoms with van der Waals surface area (Å²) >= 11 is 0. The van der Waals surface area contributed by atoms with Gasteiger partial charge in [-0.1, -0.05) is 24.3 Å². The summed E-state index contributed by atoms with van der Waals surface area (Å²) in [6.07, 6.45) is 4.60. The van der Waals surface area contributed by atoms with Crippen molar-refractivity contribution in [1.82, 2.24) is 14.1 Å². The number of fused-ring (bicyclic) bond motifs is 4. The molecule has 0 aromatic heterocycles. The monoisotopic (exact) mass is 513 g/mol. The molecule has 7 nitrogen and oxygen atoms in total. The molecule has 6 rings (SSSR count). The quantitative estimate of drug-likeness (QED) is 0.670. The van der Waals surface area contributed by atoms with Gasteiger partial charge in [0, 0.05) is 36.6 Å². The van der Waals surface area contributed by atoms with Crippen LogP contribution in [0.3, 0.4) is 0 Å². The maximum atomic E-state index is 13.6. The number of rotatable bonds is 3. The second kappa shape index (κ2) is 8.82. The van der Waals surface area contributed by atoms with Crippen LogP contribution in [0.15, 0.2) is 53.4 Å². The number of benzene rings is 2. The Bertz CT molecular complexity index is 1250. The molecule has 2 bridgehead atoms. The lowest BCUT2D eigenvalue weighted by molar-refractivity contribution is 0.0325. The number of likely N-dealkylation sites (tertiary alicyclic amines) is 1. The van der Waals surface area contributed by atoms with Gasteiger partial charge in [-0.2, -0.15) is 4.31 Å². The Morgan fingerprint density at radius 1 is 0.944 bits per heavy atom. The number of halogens is 1. The summed E-state index contributed by atoms with van der Waals surface area (Å²) in [7, 11) is -3.76. The van der Waals surface area contributed by atoms with Gasteiger partial charge in [0.1, 0.15) is 5.82 Å². The van der Waals surface area contributed by atoms with Gasteiger partial charge in [0.05, 0.1) is 4.90 Å². The highest BCUT2D eigenvalue weighted by Gasteiger charge is 2.49.